The minimum absolute atomic E-state index is 0.0260. The van der Waals surface area contributed by atoms with E-state index < -0.39 is 28.5 Å². The van der Waals surface area contributed by atoms with E-state index in [1.54, 1.807) is 24.0 Å². The molecule has 3 aromatic rings. The Hall–Kier alpha value is -3.47. The molecule has 2 aromatic carbocycles. The zero-order valence-corrected chi connectivity index (χ0v) is 15.9. The van der Waals surface area contributed by atoms with Crippen LogP contribution in [0.5, 0.6) is 5.75 Å². The van der Waals surface area contributed by atoms with Crippen molar-refractivity contribution in [1.29, 1.82) is 0 Å². The van der Waals surface area contributed by atoms with Crippen molar-refractivity contribution in [3.63, 3.8) is 0 Å². The summed E-state index contributed by atoms with van der Waals surface area (Å²) in [7, 11) is -2.68. The zero-order valence-electron chi connectivity index (χ0n) is 15.1. The Morgan fingerprint density at radius 3 is 2.62 bits per heavy atom. The van der Waals surface area contributed by atoms with Crippen molar-refractivity contribution in [1.82, 2.24) is 14.5 Å². The van der Waals surface area contributed by atoms with Crippen LogP contribution < -0.4 is 13.8 Å². The number of halogens is 1. The number of benzene rings is 2. The molecule has 11 heteroatoms. The van der Waals surface area contributed by atoms with Gasteiger partial charge in [-0.1, -0.05) is 12.1 Å². The lowest BCUT2D eigenvalue weighted by Gasteiger charge is -2.16. The molecule has 4 rings (SSSR count). The summed E-state index contributed by atoms with van der Waals surface area (Å²) in [5.41, 5.74) is 0.482. The lowest BCUT2D eigenvalue weighted by molar-refractivity contribution is -0.117. The molecule has 9 nitrogen and oxygen atoms in total. The molecular formula is C18H15FN4O5S. The predicted octanol–water partition coefficient (Wildman–Crippen LogP) is 1.23. The van der Waals surface area contributed by atoms with Gasteiger partial charge >= 0.3 is 10.2 Å². The van der Waals surface area contributed by atoms with E-state index in [9.17, 15) is 22.4 Å². The summed E-state index contributed by atoms with van der Waals surface area (Å²) >= 11 is 0. The van der Waals surface area contributed by atoms with Gasteiger partial charge in [-0.2, -0.15) is 13.5 Å². The molecule has 0 atom stereocenters. The highest BCUT2D eigenvalue weighted by molar-refractivity contribution is 7.92. The summed E-state index contributed by atoms with van der Waals surface area (Å²) in [4.78, 5) is 23.0. The van der Waals surface area contributed by atoms with E-state index in [0.29, 0.717) is 22.9 Å². The molecular weight excluding hydrogens is 403 g/mol. The van der Waals surface area contributed by atoms with E-state index >= 15 is 0 Å². The highest BCUT2D eigenvalue weighted by Gasteiger charge is 2.37. The lowest BCUT2D eigenvalue weighted by atomic mass is 10.1. The highest BCUT2D eigenvalue weighted by atomic mass is 32.2. The normalized spacial score (nSPS) is 15.5. The number of methoxy groups -OCH3 is 1. The van der Waals surface area contributed by atoms with E-state index in [1.165, 1.54) is 10.9 Å². The molecule has 0 bridgehead atoms. The third-order valence-corrected chi connectivity index (χ3v) is 5.88. The molecule has 1 N–H and O–H groups in total. The van der Waals surface area contributed by atoms with E-state index in [-0.39, 0.29) is 22.2 Å². The van der Waals surface area contributed by atoms with Crippen molar-refractivity contribution in [3.8, 4) is 5.75 Å². The molecule has 150 valence electrons. The van der Waals surface area contributed by atoms with Crippen molar-refractivity contribution < 1.29 is 27.1 Å². The number of hydrogen-bond acceptors (Lipinski definition) is 6. The fourth-order valence-corrected chi connectivity index (χ4v) is 4.35. The third kappa shape index (κ3) is 3.29. The van der Waals surface area contributed by atoms with Gasteiger partial charge in [-0.3, -0.25) is 14.3 Å². The van der Waals surface area contributed by atoms with Gasteiger partial charge in [0.15, 0.2) is 12.1 Å². The Morgan fingerprint density at radius 1 is 1.31 bits per heavy atom. The van der Waals surface area contributed by atoms with Gasteiger partial charge in [0.05, 0.1) is 13.7 Å². The first-order valence-corrected chi connectivity index (χ1v) is 9.87. The summed E-state index contributed by atoms with van der Waals surface area (Å²) in [5, 5.41) is 4.57. The van der Waals surface area contributed by atoms with Gasteiger partial charge in [0, 0.05) is 17.1 Å². The number of fused-ring (bicyclic) bond motifs is 1. The Balaban J connectivity index is 1.83. The van der Waals surface area contributed by atoms with E-state index in [0.717, 1.165) is 11.6 Å². The van der Waals surface area contributed by atoms with Crippen molar-refractivity contribution in [2.24, 2.45) is 0 Å². The van der Waals surface area contributed by atoms with Crippen molar-refractivity contribution >= 4 is 39.0 Å². The van der Waals surface area contributed by atoms with Crippen LogP contribution in [0.25, 0.3) is 10.9 Å². The van der Waals surface area contributed by atoms with Crippen LogP contribution in [-0.2, 0) is 21.5 Å². The van der Waals surface area contributed by atoms with E-state index in [4.69, 9.17) is 4.74 Å². The maximum Gasteiger partial charge on any atom is 0.326 e. The molecule has 0 unspecified atom stereocenters. The maximum atomic E-state index is 14.7. The number of amides is 1. The van der Waals surface area contributed by atoms with Gasteiger partial charge in [0.2, 0.25) is 0 Å². The quantitative estimate of drug-likeness (QED) is 0.624. The fraction of sp³-hybridized carbons (Fsp3) is 0.167. The average Bonchev–Trinajstić information content (AvgIpc) is 3.21. The standard InChI is InChI=1S/C18H15FN4O5S/c1-28-13-4-2-11(3-5-13)7-22-8-14-12(10-24)6-15(19)18(17(14)20-22)23-9-16(25)21-29(23,26)27/h2-6,8,10H,7,9H2,1H3,(H,21,25). The average molecular weight is 418 g/mol. The van der Waals surface area contributed by atoms with Crippen molar-refractivity contribution in [2.75, 3.05) is 18.0 Å². The van der Waals surface area contributed by atoms with Gasteiger partial charge in [-0.05, 0) is 23.8 Å². The van der Waals surface area contributed by atoms with Crippen LogP contribution in [0.15, 0.2) is 36.5 Å². The van der Waals surface area contributed by atoms with Crippen LogP contribution in [-0.4, -0.2) is 44.0 Å². The topological polar surface area (TPSA) is 111 Å². The molecule has 0 aliphatic carbocycles. The summed E-state index contributed by atoms with van der Waals surface area (Å²) in [6.45, 7) is -0.276. The van der Waals surface area contributed by atoms with Gasteiger partial charge < -0.3 is 4.74 Å². The molecule has 29 heavy (non-hydrogen) atoms. The van der Waals surface area contributed by atoms with Crippen LogP contribution >= 0.6 is 0 Å². The second kappa shape index (κ2) is 6.85. The summed E-state index contributed by atoms with van der Waals surface area (Å²) < 4.78 is 48.1. The van der Waals surface area contributed by atoms with Gasteiger partial charge in [-0.25, -0.2) is 13.4 Å². The largest absolute Gasteiger partial charge is 0.497 e. The van der Waals surface area contributed by atoms with Crippen LogP contribution in [0.1, 0.15) is 15.9 Å². The highest BCUT2D eigenvalue weighted by Crippen LogP contribution is 2.33. The third-order valence-electron chi connectivity index (χ3n) is 4.51. The second-order valence-corrected chi connectivity index (χ2v) is 7.98. The minimum Gasteiger partial charge on any atom is -0.497 e. The Morgan fingerprint density at radius 2 is 2.03 bits per heavy atom. The Kier molecular flexibility index (Phi) is 4.46. The number of aldehydes is 1. The molecule has 0 spiro atoms. The number of carbonyl (C=O) groups excluding carboxylic acids is 2. The number of nitrogens with zero attached hydrogens (tertiary/aromatic N) is 3. The van der Waals surface area contributed by atoms with E-state index in [2.05, 4.69) is 5.10 Å². The molecule has 1 aliphatic rings. The Labute approximate surface area is 164 Å². The molecule has 1 amide bonds. The number of anilines is 1. The summed E-state index contributed by atoms with van der Waals surface area (Å²) in [5.74, 6) is -1.06. The molecule has 2 heterocycles. The van der Waals surface area contributed by atoms with Crippen LogP contribution in [0.2, 0.25) is 0 Å². The second-order valence-electron chi connectivity index (χ2n) is 6.39. The molecule has 0 saturated carbocycles. The smallest absolute Gasteiger partial charge is 0.326 e. The molecule has 1 aromatic heterocycles. The number of hydrogen-bond donors (Lipinski definition) is 1. The summed E-state index contributed by atoms with van der Waals surface area (Å²) in [6.07, 6.45) is 2.00. The van der Waals surface area contributed by atoms with Crippen LogP contribution in [0, 0.1) is 5.82 Å². The number of aromatic nitrogens is 2. The van der Waals surface area contributed by atoms with Crippen molar-refractivity contribution in [3.05, 3.63) is 53.5 Å². The monoisotopic (exact) mass is 418 g/mol. The van der Waals surface area contributed by atoms with Gasteiger partial charge in [0.1, 0.15) is 23.5 Å². The zero-order chi connectivity index (χ0) is 20.8. The first kappa shape index (κ1) is 18.9. The number of nitrogens with one attached hydrogen (secondary N) is 1. The molecule has 1 saturated heterocycles. The predicted molar refractivity (Wildman–Crippen MR) is 102 cm³/mol. The number of carbonyl (C=O) groups is 2. The molecule has 0 radical (unpaired) electrons. The number of rotatable bonds is 5. The Bertz CT molecular complexity index is 1240. The first-order valence-electron chi connectivity index (χ1n) is 8.43. The maximum absolute atomic E-state index is 14.7. The molecule has 1 aliphatic heterocycles. The SMILES string of the molecule is COc1ccc(Cn2cc3c(C=O)cc(F)c(N4CC(=O)NS4(=O)=O)c3n2)cc1. The first-order chi connectivity index (χ1) is 13.8. The minimum atomic E-state index is -4.24. The van der Waals surface area contributed by atoms with Gasteiger partial charge in [-0.15, -0.1) is 0 Å². The van der Waals surface area contributed by atoms with Crippen molar-refractivity contribution in [2.45, 2.75) is 6.54 Å². The van der Waals surface area contributed by atoms with Crippen LogP contribution in [0.4, 0.5) is 10.1 Å². The fourth-order valence-electron chi connectivity index (χ4n) is 3.18. The lowest BCUT2D eigenvalue weighted by Crippen LogP contribution is -2.30. The number of ether oxygens (including phenoxy) is 1. The summed E-state index contributed by atoms with van der Waals surface area (Å²) in [6, 6.07) is 8.12. The van der Waals surface area contributed by atoms with Crippen LogP contribution in [0.3, 0.4) is 0 Å². The van der Waals surface area contributed by atoms with Gasteiger partial charge in [0.25, 0.3) is 5.91 Å². The molecule has 1 fully saturated rings. The van der Waals surface area contributed by atoms with E-state index in [1.807, 2.05) is 12.1 Å².